The molecular formula is C23H34O5. The second-order valence-electron chi connectivity index (χ2n) is 10.5. The molecule has 0 aromatic rings. The summed E-state index contributed by atoms with van der Waals surface area (Å²) < 4.78 is 4.93. The molecule has 28 heavy (non-hydrogen) atoms. The molecule has 1 N–H and O–H groups in total. The van der Waals surface area contributed by atoms with Crippen molar-refractivity contribution in [3.8, 4) is 0 Å². The standard InChI is InChI=1S/C23H34O5/c1-14(24)28-13-20(26)23(27)11-8-19-17-5-4-15-12-16(25)6-9-21(15,2)18(17)7-10-22(19,23)3/h15,17-19,27H,4-13H2,1-3H3/t15-,17-,18+,19-,21-,22-,23+/m0/s1. The molecule has 0 aromatic heterocycles. The minimum Gasteiger partial charge on any atom is -0.458 e. The van der Waals surface area contributed by atoms with Crippen molar-refractivity contribution in [3.05, 3.63) is 0 Å². The molecule has 0 amide bonds. The van der Waals surface area contributed by atoms with Crippen LogP contribution in [0.4, 0.5) is 0 Å². The van der Waals surface area contributed by atoms with Crippen molar-refractivity contribution in [1.82, 2.24) is 0 Å². The fourth-order valence-electron chi connectivity index (χ4n) is 7.81. The number of carbonyl (C=O) groups is 3. The van der Waals surface area contributed by atoms with E-state index in [0.717, 1.165) is 44.9 Å². The van der Waals surface area contributed by atoms with Gasteiger partial charge in [-0.2, -0.15) is 0 Å². The van der Waals surface area contributed by atoms with Crippen LogP contribution in [0.5, 0.6) is 0 Å². The highest BCUT2D eigenvalue weighted by molar-refractivity contribution is 5.91. The van der Waals surface area contributed by atoms with Crippen LogP contribution in [0.3, 0.4) is 0 Å². The first kappa shape index (κ1) is 20.1. The predicted molar refractivity (Wildman–Crippen MR) is 103 cm³/mol. The van der Waals surface area contributed by atoms with Crippen molar-refractivity contribution >= 4 is 17.5 Å². The second kappa shape index (κ2) is 6.65. The smallest absolute Gasteiger partial charge is 0.303 e. The zero-order valence-corrected chi connectivity index (χ0v) is 17.5. The number of carbonyl (C=O) groups excluding carboxylic acids is 3. The number of fused-ring (bicyclic) bond motifs is 5. The summed E-state index contributed by atoms with van der Waals surface area (Å²) in [4.78, 5) is 36.0. The van der Waals surface area contributed by atoms with Crippen LogP contribution in [0.15, 0.2) is 0 Å². The van der Waals surface area contributed by atoms with Crippen LogP contribution in [-0.2, 0) is 19.1 Å². The van der Waals surface area contributed by atoms with Gasteiger partial charge in [0.2, 0.25) is 5.78 Å². The zero-order valence-electron chi connectivity index (χ0n) is 17.5. The van der Waals surface area contributed by atoms with Gasteiger partial charge in [-0.3, -0.25) is 14.4 Å². The third-order valence-corrected chi connectivity index (χ3v) is 9.50. The van der Waals surface area contributed by atoms with Crippen molar-refractivity contribution in [1.29, 1.82) is 0 Å². The minimum absolute atomic E-state index is 0.223. The Labute approximate surface area is 167 Å². The average molecular weight is 391 g/mol. The first-order valence-electron chi connectivity index (χ1n) is 11.0. The number of rotatable bonds is 3. The molecular weight excluding hydrogens is 356 g/mol. The van der Waals surface area contributed by atoms with Gasteiger partial charge in [-0.05, 0) is 74.0 Å². The van der Waals surface area contributed by atoms with Gasteiger partial charge in [-0.1, -0.05) is 13.8 Å². The van der Waals surface area contributed by atoms with E-state index < -0.39 is 17.0 Å². The van der Waals surface area contributed by atoms with Gasteiger partial charge in [0.1, 0.15) is 11.4 Å². The largest absolute Gasteiger partial charge is 0.458 e. The highest BCUT2D eigenvalue weighted by atomic mass is 16.5. The molecule has 5 nitrogen and oxygen atoms in total. The van der Waals surface area contributed by atoms with E-state index in [1.807, 2.05) is 0 Å². The number of ketones is 2. The van der Waals surface area contributed by atoms with Crippen LogP contribution in [0.25, 0.3) is 0 Å². The lowest BCUT2D eigenvalue weighted by Crippen LogP contribution is -2.59. The fraction of sp³-hybridized carbons (Fsp3) is 0.870. The van der Waals surface area contributed by atoms with E-state index in [2.05, 4.69) is 13.8 Å². The van der Waals surface area contributed by atoms with E-state index in [9.17, 15) is 19.5 Å². The summed E-state index contributed by atoms with van der Waals surface area (Å²) in [5, 5.41) is 11.5. The van der Waals surface area contributed by atoms with Gasteiger partial charge >= 0.3 is 5.97 Å². The summed E-state index contributed by atoms with van der Waals surface area (Å²) in [5.41, 5.74) is -1.61. The SMILES string of the molecule is CC(=O)OCC(=O)[C@]1(O)CC[C@H]2[C@H]3CC[C@H]4CC(=O)CC[C@]4(C)[C@@H]3CC[C@@]21C. The Morgan fingerprint density at radius 1 is 1.07 bits per heavy atom. The lowest BCUT2D eigenvalue weighted by atomic mass is 9.44. The van der Waals surface area contributed by atoms with E-state index in [1.54, 1.807) is 0 Å². The fourth-order valence-corrected chi connectivity index (χ4v) is 7.81. The van der Waals surface area contributed by atoms with Gasteiger partial charge < -0.3 is 9.84 Å². The Balaban J connectivity index is 1.57. The van der Waals surface area contributed by atoms with Crippen LogP contribution < -0.4 is 0 Å². The van der Waals surface area contributed by atoms with E-state index in [1.165, 1.54) is 6.92 Å². The van der Waals surface area contributed by atoms with Crippen molar-refractivity contribution in [3.63, 3.8) is 0 Å². The maximum Gasteiger partial charge on any atom is 0.303 e. The van der Waals surface area contributed by atoms with Crippen molar-refractivity contribution in [2.75, 3.05) is 6.61 Å². The van der Waals surface area contributed by atoms with E-state index in [-0.39, 0.29) is 17.8 Å². The number of hydrogen-bond acceptors (Lipinski definition) is 5. The van der Waals surface area contributed by atoms with Crippen molar-refractivity contribution in [2.24, 2.45) is 34.5 Å². The normalized spacial score (nSPS) is 47.6. The topological polar surface area (TPSA) is 80.7 Å². The first-order valence-corrected chi connectivity index (χ1v) is 11.0. The van der Waals surface area contributed by atoms with Crippen LogP contribution >= 0.6 is 0 Å². The Morgan fingerprint density at radius 2 is 1.79 bits per heavy atom. The predicted octanol–water partition coefficient (Wildman–Crippen LogP) is 3.46. The monoisotopic (exact) mass is 390 g/mol. The number of Topliss-reactive ketones (excluding diaryl/α,β-unsaturated/α-hetero) is 2. The highest BCUT2D eigenvalue weighted by Crippen LogP contribution is 2.68. The Morgan fingerprint density at radius 3 is 2.50 bits per heavy atom. The molecule has 0 unspecified atom stereocenters. The number of esters is 1. The molecule has 0 bridgehead atoms. The molecule has 4 aliphatic rings. The molecule has 4 saturated carbocycles. The Bertz CT molecular complexity index is 701. The summed E-state index contributed by atoms with van der Waals surface area (Å²) in [6, 6.07) is 0. The van der Waals surface area contributed by atoms with Gasteiger partial charge in [0, 0.05) is 25.2 Å². The molecule has 5 heteroatoms. The third kappa shape index (κ3) is 2.72. The van der Waals surface area contributed by atoms with Crippen LogP contribution in [0.1, 0.15) is 78.6 Å². The van der Waals surface area contributed by atoms with Gasteiger partial charge in [0.25, 0.3) is 0 Å². The minimum atomic E-state index is -1.39. The maximum absolute atomic E-state index is 12.9. The van der Waals surface area contributed by atoms with Crippen LogP contribution in [0, 0.1) is 34.5 Å². The quantitative estimate of drug-likeness (QED) is 0.747. The molecule has 0 spiro atoms. The molecule has 4 fully saturated rings. The summed E-state index contributed by atoms with van der Waals surface area (Å²) in [6.07, 6.45) is 7.82. The molecule has 156 valence electrons. The molecule has 0 saturated heterocycles. The van der Waals surface area contributed by atoms with Gasteiger partial charge in [-0.25, -0.2) is 0 Å². The van der Waals surface area contributed by atoms with Gasteiger partial charge in [0.15, 0.2) is 6.61 Å². The summed E-state index contributed by atoms with van der Waals surface area (Å²) in [6.45, 7) is 5.45. The van der Waals surface area contributed by atoms with E-state index >= 15 is 0 Å². The molecule has 0 radical (unpaired) electrons. The first-order chi connectivity index (χ1) is 13.1. The van der Waals surface area contributed by atoms with Crippen LogP contribution in [-0.4, -0.2) is 34.9 Å². The van der Waals surface area contributed by atoms with Gasteiger partial charge in [-0.15, -0.1) is 0 Å². The third-order valence-electron chi connectivity index (χ3n) is 9.50. The molecule has 0 heterocycles. The molecule has 7 atom stereocenters. The highest BCUT2D eigenvalue weighted by Gasteiger charge is 2.66. The van der Waals surface area contributed by atoms with Crippen molar-refractivity contribution < 1.29 is 24.2 Å². The summed E-state index contributed by atoms with van der Waals surface area (Å²) >= 11 is 0. The Kier molecular flexibility index (Phi) is 4.76. The molecule has 4 rings (SSSR count). The lowest BCUT2D eigenvalue weighted by Gasteiger charge is -2.60. The number of aliphatic hydroxyl groups is 1. The van der Waals surface area contributed by atoms with E-state index in [4.69, 9.17) is 4.74 Å². The number of ether oxygens (including phenoxy) is 1. The van der Waals surface area contributed by atoms with Gasteiger partial charge in [0.05, 0.1) is 0 Å². The maximum atomic E-state index is 12.9. The second-order valence-corrected chi connectivity index (χ2v) is 10.5. The average Bonchev–Trinajstić information content (AvgIpc) is 2.92. The lowest BCUT2D eigenvalue weighted by molar-refractivity contribution is -0.175. The van der Waals surface area contributed by atoms with Crippen LogP contribution in [0.2, 0.25) is 0 Å². The zero-order chi connectivity index (χ0) is 20.3. The molecule has 0 aliphatic heterocycles. The van der Waals surface area contributed by atoms with E-state index in [0.29, 0.717) is 42.3 Å². The molecule has 4 aliphatic carbocycles. The number of hydrogen-bond donors (Lipinski definition) is 1. The summed E-state index contributed by atoms with van der Waals surface area (Å²) in [5.74, 6) is 1.53. The molecule has 0 aromatic carbocycles. The van der Waals surface area contributed by atoms with Crippen molar-refractivity contribution in [2.45, 2.75) is 84.2 Å². The Hall–Kier alpha value is -1.23. The summed E-state index contributed by atoms with van der Waals surface area (Å²) in [7, 11) is 0.